The Morgan fingerprint density at radius 1 is 1.11 bits per heavy atom. The Bertz CT molecular complexity index is 969. The normalized spacial score (nSPS) is 14.7. The van der Waals surface area contributed by atoms with Crippen molar-refractivity contribution in [3.05, 3.63) is 71.4 Å². The van der Waals surface area contributed by atoms with E-state index in [0.717, 1.165) is 5.56 Å². The van der Waals surface area contributed by atoms with Crippen molar-refractivity contribution in [2.24, 2.45) is 4.99 Å². The second kappa shape index (κ2) is 8.50. The Hall–Kier alpha value is -3.85. The van der Waals surface area contributed by atoms with Crippen LogP contribution < -0.4 is 9.47 Å². The molecular weight excluding hydrogens is 344 g/mol. The number of rotatable bonds is 6. The molecule has 0 atom stereocenters. The van der Waals surface area contributed by atoms with Gasteiger partial charge in [-0.3, -0.25) is 0 Å². The monoisotopic (exact) mass is 360 g/mol. The highest BCUT2D eigenvalue weighted by atomic mass is 16.6. The van der Waals surface area contributed by atoms with E-state index < -0.39 is 5.97 Å². The van der Waals surface area contributed by atoms with Crippen molar-refractivity contribution in [1.29, 1.82) is 5.26 Å². The lowest BCUT2D eigenvalue weighted by atomic mass is 10.1. The number of carbonyl (C=O) groups is 1. The van der Waals surface area contributed by atoms with Crippen LogP contribution in [0.25, 0.3) is 12.2 Å². The first kappa shape index (κ1) is 18.0. The summed E-state index contributed by atoms with van der Waals surface area (Å²) in [5, 5.41) is 8.61. The van der Waals surface area contributed by atoms with Crippen LogP contribution in [0.3, 0.4) is 0 Å². The largest absolute Gasteiger partial charge is 0.493 e. The van der Waals surface area contributed by atoms with Crippen LogP contribution in [0.1, 0.15) is 11.1 Å². The quantitative estimate of drug-likeness (QED) is 0.581. The summed E-state index contributed by atoms with van der Waals surface area (Å²) in [4.78, 5) is 16.2. The number of nitriles is 1. The molecule has 0 unspecified atom stereocenters. The number of hydrogen-bond donors (Lipinski definition) is 0. The van der Waals surface area contributed by atoms with E-state index in [1.54, 1.807) is 30.4 Å². The van der Waals surface area contributed by atoms with Crippen LogP contribution >= 0.6 is 0 Å². The van der Waals surface area contributed by atoms with Gasteiger partial charge in [0.1, 0.15) is 6.07 Å². The van der Waals surface area contributed by atoms with E-state index in [-0.39, 0.29) is 18.2 Å². The Morgan fingerprint density at radius 3 is 2.67 bits per heavy atom. The third-order valence-electron chi connectivity index (χ3n) is 3.64. The summed E-state index contributed by atoms with van der Waals surface area (Å²) in [6, 6.07) is 16.6. The van der Waals surface area contributed by atoms with Crippen LogP contribution in [-0.2, 0) is 9.53 Å². The van der Waals surface area contributed by atoms with E-state index >= 15 is 0 Å². The van der Waals surface area contributed by atoms with E-state index in [1.807, 2.05) is 42.5 Å². The average Bonchev–Trinajstić information content (AvgIpc) is 3.05. The second-order valence-electron chi connectivity index (χ2n) is 5.47. The molecule has 0 aliphatic carbocycles. The molecule has 0 saturated heterocycles. The van der Waals surface area contributed by atoms with Crippen molar-refractivity contribution in [1.82, 2.24) is 0 Å². The van der Waals surface area contributed by atoms with Crippen molar-refractivity contribution < 1.29 is 19.0 Å². The molecule has 3 rings (SSSR count). The molecule has 2 aromatic rings. The molecule has 0 fully saturated rings. The van der Waals surface area contributed by atoms with Crippen molar-refractivity contribution in [2.45, 2.75) is 0 Å². The Morgan fingerprint density at radius 2 is 1.93 bits per heavy atom. The standard InChI is InChI=1S/C21H16N2O4/c1-25-19-14-16(7-9-18(19)26-12-11-22)13-17-21(24)27-20(23-17)10-8-15-5-3-2-4-6-15/h2-10,13-14H,12H2,1H3/b10-8+,17-13-. The number of hydrogen-bond acceptors (Lipinski definition) is 6. The molecule has 2 aromatic carbocycles. The lowest BCUT2D eigenvalue weighted by molar-refractivity contribution is -0.129. The van der Waals surface area contributed by atoms with Crippen LogP contribution in [0.5, 0.6) is 11.5 Å². The van der Waals surface area contributed by atoms with Gasteiger partial charge in [-0.1, -0.05) is 36.4 Å². The van der Waals surface area contributed by atoms with E-state index in [1.165, 1.54) is 7.11 Å². The maximum Gasteiger partial charge on any atom is 0.363 e. The molecule has 6 heteroatoms. The summed E-state index contributed by atoms with van der Waals surface area (Å²) < 4.78 is 15.7. The molecule has 27 heavy (non-hydrogen) atoms. The molecule has 0 radical (unpaired) electrons. The summed E-state index contributed by atoms with van der Waals surface area (Å²) in [5.41, 5.74) is 1.86. The average molecular weight is 360 g/mol. The van der Waals surface area contributed by atoms with Gasteiger partial charge in [-0.05, 0) is 35.4 Å². The zero-order chi connectivity index (χ0) is 19.1. The van der Waals surface area contributed by atoms with Crippen molar-refractivity contribution in [3.63, 3.8) is 0 Å². The van der Waals surface area contributed by atoms with Crippen molar-refractivity contribution in [3.8, 4) is 17.6 Å². The Kier molecular flexibility index (Phi) is 5.65. The highest BCUT2D eigenvalue weighted by Crippen LogP contribution is 2.29. The van der Waals surface area contributed by atoms with Gasteiger partial charge in [-0.15, -0.1) is 0 Å². The molecule has 1 heterocycles. The summed E-state index contributed by atoms with van der Waals surface area (Å²) in [7, 11) is 1.50. The molecule has 0 saturated carbocycles. The number of nitrogens with zero attached hydrogens (tertiary/aromatic N) is 2. The first-order valence-corrected chi connectivity index (χ1v) is 8.13. The van der Waals surface area contributed by atoms with Gasteiger partial charge in [0.15, 0.2) is 23.8 Å². The van der Waals surface area contributed by atoms with Crippen LogP contribution in [0.2, 0.25) is 0 Å². The lowest BCUT2D eigenvalue weighted by Gasteiger charge is -2.08. The minimum absolute atomic E-state index is 0.0788. The summed E-state index contributed by atoms with van der Waals surface area (Å²) in [6.45, 7) is -0.0788. The van der Waals surface area contributed by atoms with Gasteiger partial charge < -0.3 is 14.2 Å². The predicted octanol–water partition coefficient (Wildman–Crippen LogP) is 3.61. The Labute approximate surface area is 156 Å². The van der Waals surface area contributed by atoms with Gasteiger partial charge in [-0.25, -0.2) is 9.79 Å². The SMILES string of the molecule is COc1cc(/C=C2N=C(/C=C/c3ccccc3)OC\2=O)ccc1OCC#N. The molecular formula is C21H16N2O4. The fourth-order valence-corrected chi connectivity index (χ4v) is 2.39. The molecule has 0 N–H and O–H groups in total. The highest BCUT2D eigenvalue weighted by molar-refractivity contribution is 6.11. The summed E-state index contributed by atoms with van der Waals surface area (Å²) in [6.07, 6.45) is 5.06. The van der Waals surface area contributed by atoms with E-state index in [2.05, 4.69) is 4.99 Å². The van der Waals surface area contributed by atoms with E-state index in [9.17, 15) is 4.79 Å². The zero-order valence-corrected chi connectivity index (χ0v) is 14.6. The molecule has 1 aliphatic rings. The molecule has 0 bridgehead atoms. The fourth-order valence-electron chi connectivity index (χ4n) is 2.39. The number of cyclic esters (lactones) is 1. The lowest BCUT2D eigenvalue weighted by Crippen LogP contribution is -2.01. The van der Waals surface area contributed by atoms with Crippen LogP contribution in [-0.4, -0.2) is 25.6 Å². The third-order valence-corrected chi connectivity index (χ3v) is 3.64. The summed E-state index contributed by atoms with van der Waals surface area (Å²) >= 11 is 0. The molecule has 134 valence electrons. The first-order chi connectivity index (χ1) is 13.2. The smallest absolute Gasteiger partial charge is 0.363 e. The number of esters is 1. The first-order valence-electron chi connectivity index (χ1n) is 8.13. The molecule has 0 spiro atoms. The van der Waals surface area contributed by atoms with Gasteiger partial charge in [0.25, 0.3) is 0 Å². The van der Waals surface area contributed by atoms with E-state index in [0.29, 0.717) is 17.1 Å². The second-order valence-corrected chi connectivity index (χ2v) is 5.47. The minimum atomic E-state index is -0.522. The number of methoxy groups -OCH3 is 1. The fraction of sp³-hybridized carbons (Fsp3) is 0.0952. The maximum absolute atomic E-state index is 12.0. The topological polar surface area (TPSA) is 80.9 Å². The summed E-state index contributed by atoms with van der Waals surface area (Å²) in [5.74, 6) is 0.617. The zero-order valence-electron chi connectivity index (χ0n) is 14.6. The van der Waals surface area contributed by atoms with Crippen molar-refractivity contribution in [2.75, 3.05) is 13.7 Å². The van der Waals surface area contributed by atoms with Gasteiger partial charge >= 0.3 is 5.97 Å². The minimum Gasteiger partial charge on any atom is -0.493 e. The molecule has 6 nitrogen and oxygen atoms in total. The van der Waals surface area contributed by atoms with Crippen LogP contribution in [0, 0.1) is 11.3 Å². The van der Waals surface area contributed by atoms with Crippen molar-refractivity contribution >= 4 is 24.0 Å². The number of ether oxygens (including phenoxy) is 3. The van der Waals surface area contributed by atoms with Gasteiger partial charge in [0, 0.05) is 6.08 Å². The predicted molar refractivity (Wildman–Crippen MR) is 101 cm³/mol. The number of carbonyl (C=O) groups excluding carboxylic acids is 1. The molecule has 0 amide bonds. The molecule has 1 aliphatic heterocycles. The van der Waals surface area contributed by atoms with Gasteiger partial charge in [0.2, 0.25) is 5.90 Å². The highest BCUT2D eigenvalue weighted by Gasteiger charge is 2.21. The number of benzene rings is 2. The van der Waals surface area contributed by atoms with E-state index in [4.69, 9.17) is 19.5 Å². The van der Waals surface area contributed by atoms with Gasteiger partial charge in [0.05, 0.1) is 7.11 Å². The van der Waals surface area contributed by atoms with Crippen LogP contribution in [0.15, 0.2) is 65.3 Å². The third kappa shape index (κ3) is 4.61. The Balaban J connectivity index is 1.80. The number of aliphatic imine (C=N–C) groups is 1. The van der Waals surface area contributed by atoms with Gasteiger partial charge in [-0.2, -0.15) is 5.26 Å². The molecule has 0 aromatic heterocycles. The van der Waals surface area contributed by atoms with Crippen LogP contribution in [0.4, 0.5) is 0 Å². The maximum atomic E-state index is 12.0.